The lowest BCUT2D eigenvalue weighted by Crippen LogP contribution is -2.22. The highest BCUT2D eigenvalue weighted by Gasteiger charge is 2.16. The van der Waals surface area contributed by atoms with Crippen molar-refractivity contribution < 1.29 is 9.59 Å². The summed E-state index contributed by atoms with van der Waals surface area (Å²) in [7, 11) is 0. The molecule has 31 heavy (non-hydrogen) atoms. The molecule has 0 spiro atoms. The van der Waals surface area contributed by atoms with E-state index in [-0.39, 0.29) is 16.8 Å². The van der Waals surface area contributed by atoms with Crippen molar-refractivity contribution in [3.8, 4) is 0 Å². The molecule has 4 nitrogen and oxygen atoms in total. The van der Waals surface area contributed by atoms with Gasteiger partial charge in [-0.25, -0.2) is 0 Å². The highest BCUT2D eigenvalue weighted by molar-refractivity contribution is 8.00. The average molecular weight is 514 g/mol. The monoisotopic (exact) mass is 512 g/mol. The molecule has 2 N–H and O–H groups in total. The summed E-state index contributed by atoms with van der Waals surface area (Å²) in [6.07, 6.45) is 0. The molecule has 2 amide bonds. The minimum atomic E-state index is -0.408. The SMILES string of the molecule is CC(Sc1cccc(NC(=O)c2ccc(Cl)cc2Cl)c1)C(=O)Nc1cc(Cl)cc(Cl)c1. The number of rotatable bonds is 6. The largest absolute Gasteiger partial charge is 0.325 e. The Morgan fingerprint density at radius 2 is 1.52 bits per heavy atom. The third kappa shape index (κ3) is 6.79. The van der Waals surface area contributed by atoms with Crippen LogP contribution >= 0.6 is 58.2 Å². The maximum absolute atomic E-state index is 12.5. The van der Waals surface area contributed by atoms with E-state index < -0.39 is 5.25 Å². The Kier molecular flexibility index (Phi) is 8.14. The van der Waals surface area contributed by atoms with Crippen LogP contribution in [0.25, 0.3) is 0 Å². The second-order valence-electron chi connectivity index (χ2n) is 6.51. The highest BCUT2D eigenvalue weighted by atomic mass is 35.5. The summed E-state index contributed by atoms with van der Waals surface area (Å²) in [4.78, 5) is 25.9. The Morgan fingerprint density at radius 1 is 0.806 bits per heavy atom. The van der Waals surface area contributed by atoms with Crippen molar-refractivity contribution in [1.82, 2.24) is 0 Å². The molecule has 1 atom stereocenters. The maximum Gasteiger partial charge on any atom is 0.257 e. The lowest BCUT2D eigenvalue weighted by molar-refractivity contribution is -0.115. The van der Waals surface area contributed by atoms with Crippen LogP contribution in [0.15, 0.2) is 65.6 Å². The summed E-state index contributed by atoms with van der Waals surface area (Å²) in [5.41, 5.74) is 1.42. The Bertz CT molecular complexity index is 1120. The van der Waals surface area contributed by atoms with Crippen LogP contribution in [0.2, 0.25) is 20.1 Å². The van der Waals surface area contributed by atoms with Gasteiger partial charge < -0.3 is 10.6 Å². The minimum Gasteiger partial charge on any atom is -0.325 e. The summed E-state index contributed by atoms with van der Waals surface area (Å²) in [5, 5.41) is 6.79. The molecule has 0 aromatic heterocycles. The van der Waals surface area contributed by atoms with E-state index in [0.717, 1.165) is 4.90 Å². The smallest absolute Gasteiger partial charge is 0.257 e. The summed E-state index contributed by atoms with van der Waals surface area (Å²) in [5.74, 6) is -0.557. The topological polar surface area (TPSA) is 58.2 Å². The van der Waals surface area contributed by atoms with E-state index in [1.54, 1.807) is 55.5 Å². The first-order valence-corrected chi connectivity index (χ1v) is 11.4. The molecule has 0 fully saturated rings. The first-order valence-electron chi connectivity index (χ1n) is 9.01. The zero-order valence-corrected chi connectivity index (χ0v) is 19.9. The van der Waals surface area contributed by atoms with Crippen LogP contribution in [0, 0.1) is 0 Å². The van der Waals surface area contributed by atoms with E-state index >= 15 is 0 Å². The zero-order valence-electron chi connectivity index (χ0n) is 16.1. The Hall–Kier alpha value is -1.89. The fraction of sp³-hybridized carbons (Fsp3) is 0.0909. The Morgan fingerprint density at radius 3 is 2.19 bits per heavy atom. The molecule has 0 aliphatic heterocycles. The maximum atomic E-state index is 12.5. The van der Waals surface area contributed by atoms with Gasteiger partial charge in [0, 0.05) is 31.3 Å². The molecule has 3 rings (SSSR count). The Balaban J connectivity index is 1.65. The molecule has 0 saturated heterocycles. The van der Waals surface area contributed by atoms with Gasteiger partial charge in [0.1, 0.15) is 0 Å². The van der Waals surface area contributed by atoms with Gasteiger partial charge in [0.15, 0.2) is 0 Å². The predicted octanol–water partition coefficient (Wildman–Crippen LogP) is 7.67. The van der Waals surface area contributed by atoms with Gasteiger partial charge in [-0.2, -0.15) is 0 Å². The van der Waals surface area contributed by atoms with E-state index in [0.29, 0.717) is 32.0 Å². The predicted molar refractivity (Wildman–Crippen MR) is 131 cm³/mol. The normalized spacial score (nSPS) is 11.6. The van der Waals surface area contributed by atoms with Crippen molar-refractivity contribution >= 4 is 81.4 Å². The van der Waals surface area contributed by atoms with Crippen LogP contribution in [0.1, 0.15) is 17.3 Å². The van der Waals surface area contributed by atoms with Crippen LogP contribution in [0.5, 0.6) is 0 Å². The average Bonchev–Trinajstić information content (AvgIpc) is 2.67. The fourth-order valence-electron chi connectivity index (χ4n) is 2.65. The van der Waals surface area contributed by atoms with Crippen molar-refractivity contribution in [2.45, 2.75) is 17.1 Å². The van der Waals surface area contributed by atoms with Crippen LogP contribution in [-0.4, -0.2) is 17.1 Å². The summed E-state index contributed by atoms with van der Waals surface area (Å²) in [6, 6.07) is 16.7. The Labute approximate surface area is 204 Å². The van der Waals surface area contributed by atoms with Crippen molar-refractivity contribution in [1.29, 1.82) is 0 Å². The molecule has 0 saturated carbocycles. The number of amides is 2. The highest BCUT2D eigenvalue weighted by Crippen LogP contribution is 2.29. The van der Waals surface area contributed by atoms with Gasteiger partial charge in [-0.05, 0) is 61.5 Å². The molecule has 1 unspecified atom stereocenters. The van der Waals surface area contributed by atoms with Crippen LogP contribution in [0.4, 0.5) is 11.4 Å². The molecule has 3 aromatic carbocycles. The number of hydrogen-bond acceptors (Lipinski definition) is 3. The molecule has 0 radical (unpaired) electrons. The third-order valence-corrected chi connectivity index (χ3v) is 6.16. The van der Waals surface area contributed by atoms with E-state index in [9.17, 15) is 9.59 Å². The first-order chi connectivity index (χ1) is 14.7. The molecular formula is C22H16Cl4N2O2S. The first kappa shape index (κ1) is 23.8. The molecule has 160 valence electrons. The van der Waals surface area contributed by atoms with Gasteiger partial charge in [0.2, 0.25) is 5.91 Å². The van der Waals surface area contributed by atoms with E-state index in [2.05, 4.69) is 10.6 Å². The third-order valence-electron chi connectivity index (χ3n) is 4.08. The van der Waals surface area contributed by atoms with E-state index in [1.165, 1.54) is 17.8 Å². The van der Waals surface area contributed by atoms with Crippen LogP contribution in [0.3, 0.4) is 0 Å². The van der Waals surface area contributed by atoms with Crippen molar-refractivity contribution in [2.24, 2.45) is 0 Å². The molecule has 9 heteroatoms. The van der Waals surface area contributed by atoms with E-state index in [1.807, 2.05) is 6.07 Å². The number of halogens is 4. The number of carbonyl (C=O) groups is 2. The summed E-state index contributed by atoms with van der Waals surface area (Å²) < 4.78 is 0. The van der Waals surface area contributed by atoms with Gasteiger partial charge >= 0.3 is 0 Å². The number of nitrogens with one attached hydrogen (secondary N) is 2. The second kappa shape index (κ2) is 10.6. The number of benzene rings is 3. The number of thioether (sulfide) groups is 1. The summed E-state index contributed by atoms with van der Waals surface area (Å²) in [6.45, 7) is 1.78. The lowest BCUT2D eigenvalue weighted by Gasteiger charge is -2.14. The number of hydrogen-bond donors (Lipinski definition) is 2. The quantitative estimate of drug-likeness (QED) is 0.332. The molecule has 0 aliphatic carbocycles. The van der Waals surface area contributed by atoms with Crippen molar-refractivity contribution in [2.75, 3.05) is 10.6 Å². The minimum absolute atomic E-state index is 0.203. The van der Waals surface area contributed by atoms with Crippen LogP contribution in [-0.2, 0) is 4.79 Å². The molecule has 0 bridgehead atoms. The number of anilines is 2. The molecular weight excluding hydrogens is 498 g/mol. The van der Waals surface area contributed by atoms with Crippen LogP contribution < -0.4 is 10.6 Å². The van der Waals surface area contributed by atoms with Gasteiger partial charge in [0.25, 0.3) is 5.91 Å². The van der Waals surface area contributed by atoms with Crippen molar-refractivity contribution in [3.05, 3.63) is 86.3 Å². The second-order valence-corrected chi connectivity index (χ2v) is 9.64. The molecule has 3 aromatic rings. The fourth-order valence-corrected chi connectivity index (χ4v) is 4.59. The van der Waals surface area contributed by atoms with Gasteiger partial charge in [0.05, 0.1) is 15.8 Å². The lowest BCUT2D eigenvalue weighted by atomic mass is 10.2. The van der Waals surface area contributed by atoms with Crippen molar-refractivity contribution in [3.63, 3.8) is 0 Å². The molecule has 0 heterocycles. The molecule has 0 aliphatic rings. The van der Waals surface area contributed by atoms with Gasteiger partial charge in [-0.1, -0.05) is 52.5 Å². The van der Waals surface area contributed by atoms with Gasteiger partial charge in [-0.15, -0.1) is 11.8 Å². The number of carbonyl (C=O) groups excluding carboxylic acids is 2. The summed E-state index contributed by atoms with van der Waals surface area (Å²) >= 11 is 25.3. The van der Waals surface area contributed by atoms with Gasteiger partial charge in [-0.3, -0.25) is 9.59 Å². The van der Waals surface area contributed by atoms with E-state index in [4.69, 9.17) is 46.4 Å². The standard InChI is InChI=1S/C22H16Cl4N2O2S/c1-12(21(29)28-17-8-14(24)7-15(25)9-17)31-18-4-2-3-16(11-18)27-22(30)19-6-5-13(23)10-20(19)26/h2-12H,1H3,(H,27,30)(H,28,29). The zero-order chi connectivity index (χ0) is 22.5.